The molecular weight excluding hydrogens is 536 g/mol. The Labute approximate surface area is 243 Å². The number of hydrogen-bond donors (Lipinski definition) is 2. The maximum absolute atomic E-state index is 12.6. The first-order valence-electron chi connectivity index (χ1n) is 13.5. The highest BCUT2D eigenvalue weighted by Gasteiger charge is 2.42. The van der Waals surface area contributed by atoms with Crippen LogP contribution in [0.4, 0.5) is 0 Å². The van der Waals surface area contributed by atoms with Crippen molar-refractivity contribution < 1.29 is 24.1 Å². The molecule has 2 N–H and O–H groups in total. The second-order valence-electron chi connectivity index (χ2n) is 9.83. The number of aromatic amines is 1. The molecule has 1 saturated heterocycles. The topological polar surface area (TPSA) is 112 Å². The Kier molecular flexibility index (Phi) is 8.59. The number of rotatable bonds is 9. The maximum atomic E-state index is 12.6. The predicted molar refractivity (Wildman–Crippen MR) is 157 cm³/mol. The molecule has 2 heterocycles. The van der Waals surface area contributed by atoms with Crippen molar-refractivity contribution in [2.24, 2.45) is 0 Å². The predicted octanol–water partition coefficient (Wildman–Crippen LogP) is 3.58. The molecule has 1 fully saturated rings. The lowest BCUT2D eigenvalue weighted by atomic mass is 9.80. The van der Waals surface area contributed by atoms with Gasteiger partial charge in [0, 0.05) is 12.6 Å². The fraction of sp³-hybridized carbons (Fsp3) is 0.273. The number of ether oxygens (including phenoxy) is 4. The number of methoxy groups -OCH3 is 2. The highest BCUT2D eigenvalue weighted by molar-refractivity contribution is 5.49. The van der Waals surface area contributed by atoms with Crippen molar-refractivity contribution in [3.63, 3.8) is 0 Å². The van der Waals surface area contributed by atoms with Crippen molar-refractivity contribution in [1.29, 1.82) is 0 Å². The van der Waals surface area contributed by atoms with Crippen LogP contribution in [-0.4, -0.2) is 47.7 Å². The van der Waals surface area contributed by atoms with Crippen LogP contribution in [0.2, 0.25) is 0 Å². The van der Waals surface area contributed by atoms with Gasteiger partial charge in [-0.3, -0.25) is 14.3 Å². The van der Waals surface area contributed by atoms with Gasteiger partial charge in [0.15, 0.2) is 0 Å². The van der Waals surface area contributed by atoms with Gasteiger partial charge in [0.2, 0.25) is 0 Å². The molecule has 0 saturated carbocycles. The van der Waals surface area contributed by atoms with Crippen molar-refractivity contribution in [3.05, 3.63) is 128 Å². The minimum absolute atomic E-state index is 0.00958. The summed E-state index contributed by atoms with van der Waals surface area (Å²) in [5.74, 6) is 6.76. The van der Waals surface area contributed by atoms with Gasteiger partial charge in [0.1, 0.15) is 35.0 Å². The molecule has 42 heavy (non-hydrogen) atoms. The largest absolute Gasteiger partial charge is 0.497 e. The standard InChI is InChI=1S/C33H32N2O7/c1-4-8-22-20-35(32(38)34-31(22)37)30-19-28(36)29(42-30)21-41-33(23-9-6-5-7-10-23,24-11-15-26(39-2)16-12-24)25-13-17-27(40-3)18-14-25/h5-7,9-18,20,28-30,36H,19,21H2,1-3H3,(H,34,37,38)/t28-,29?,30-/m1/s1. The van der Waals surface area contributed by atoms with E-state index in [0.29, 0.717) is 11.5 Å². The number of aromatic nitrogens is 2. The lowest BCUT2D eigenvalue weighted by Crippen LogP contribution is -2.38. The molecule has 216 valence electrons. The first-order valence-corrected chi connectivity index (χ1v) is 13.5. The quantitative estimate of drug-likeness (QED) is 0.235. The van der Waals surface area contributed by atoms with Gasteiger partial charge in [-0.2, -0.15) is 0 Å². The van der Waals surface area contributed by atoms with Crippen LogP contribution < -0.4 is 20.7 Å². The minimum atomic E-state index is -1.10. The van der Waals surface area contributed by atoms with Gasteiger partial charge in [-0.05, 0) is 47.9 Å². The average molecular weight is 569 g/mol. The zero-order valence-electron chi connectivity index (χ0n) is 23.6. The van der Waals surface area contributed by atoms with E-state index in [-0.39, 0.29) is 18.6 Å². The van der Waals surface area contributed by atoms with Gasteiger partial charge >= 0.3 is 5.69 Å². The lowest BCUT2D eigenvalue weighted by Gasteiger charge is -2.37. The molecule has 3 atom stereocenters. The SMILES string of the molecule is CC#Cc1cn([C@H]2C[C@@H](O)C(COC(c3ccccc3)(c3ccc(OC)cc3)c3ccc(OC)cc3)O2)c(=O)[nH]c1=O. The third-order valence-electron chi connectivity index (χ3n) is 7.38. The number of hydrogen-bond acceptors (Lipinski definition) is 7. The average Bonchev–Trinajstić information content (AvgIpc) is 3.39. The number of benzene rings is 3. The van der Waals surface area contributed by atoms with Crippen LogP contribution in [0.3, 0.4) is 0 Å². The van der Waals surface area contributed by atoms with E-state index in [2.05, 4.69) is 16.8 Å². The highest BCUT2D eigenvalue weighted by atomic mass is 16.6. The zero-order chi connectivity index (χ0) is 29.7. The number of nitrogens with zero attached hydrogens (tertiary/aromatic N) is 1. The van der Waals surface area contributed by atoms with E-state index in [1.807, 2.05) is 78.9 Å². The fourth-order valence-electron chi connectivity index (χ4n) is 5.24. The van der Waals surface area contributed by atoms with Crippen LogP contribution >= 0.6 is 0 Å². The van der Waals surface area contributed by atoms with E-state index in [1.54, 1.807) is 21.1 Å². The summed E-state index contributed by atoms with van der Waals surface area (Å²) in [5, 5.41) is 11.0. The van der Waals surface area contributed by atoms with Gasteiger partial charge in [0.05, 0.1) is 26.9 Å². The Morgan fingerprint density at radius 1 is 0.929 bits per heavy atom. The Bertz CT molecular complexity index is 1640. The van der Waals surface area contributed by atoms with Crippen LogP contribution in [0, 0.1) is 11.8 Å². The molecular formula is C33H32N2O7. The van der Waals surface area contributed by atoms with Crippen LogP contribution in [0.25, 0.3) is 0 Å². The number of aliphatic hydroxyl groups is 1. The molecule has 1 aliphatic heterocycles. The van der Waals surface area contributed by atoms with Gasteiger partial charge < -0.3 is 24.1 Å². The second kappa shape index (κ2) is 12.5. The summed E-state index contributed by atoms with van der Waals surface area (Å²) in [7, 11) is 3.22. The second-order valence-corrected chi connectivity index (χ2v) is 9.83. The van der Waals surface area contributed by atoms with E-state index in [4.69, 9.17) is 18.9 Å². The molecule has 1 aromatic heterocycles. The Morgan fingerprint density at radius 3 is 2.05 bits per heavy atom. The minimum Gasteiger partial charge on any atom is -0.497 e. The summed E-state index contributed by atoms with van der Waals surface area (Å²) in [4.78, 5) is 27.0. The maximum Gasteiger partial charge on any atom is 0.330 e. The van der Waals surface area contributed by atoms with Crippen molar-refractivity contribution in [1.82, 2.24) is 9.55 Å². The first kappa shape index (κ1) is 28.9. The van der Waals surface area contributed by atoms with E-state index >= 15 is 0 Å². The molecule has 4 aromatic rings. The highest BCUT2D eigenvalue weighted by Crippen LogP contribution is 2.42. The lowest BCUT2D eigenvalue weighted by molar-refractivity contribution is -0.0944. The van der Waals surface area contributed by atoms with Crippen LogP contribution in [-0.2, 0) is 15.1 Å². The molecule has 0 bridgehead atoms. The Morgan fingerprint density at radius 2 is 1.50 bits per heavy atom. The van der Waals surface area contributed by atoms with Gasteiger partial charge in [0.25, 0.3) is 5.56 Å². The number of H-pyrrole nitrogens is 1. The fourth-order valence-corrected chi connectivity index (χ4v) is 5.24. The summed E-state index contributed by atoms with van der Waals surface area (Å²) >= 11 is 0. The van der Waals surface area contributed by atoms with Crippen LogP contribution in [0.5, 0.6) is 11.5 Å². The third kappa shape index (κ3) is 5.60. The van der Waals surface area contributed by atoms with Crippen molar-refractivity contribution >= 4 is 0 Å². The van der Waals surface area contributed by atoms with Gasteiger partial charge in [-0.1, -0.05) is 60.5 Å². The van der Waals surface area contributed by atoms with E-state index in [1.165, 1.54) is 10.8 Å². The molecule has 0 spiro atoms. The van der Waals surface area contributed by atoms with E-state index in [9.17, 15) is 14.7 Å². The van der Waals surface area contributed by atoms with E-state index < -0.39 is 35.3 Å². The Hall–Kier alpha value is -4.62. The summed E-state index contributed by atoms with van der Waals surface area (Å²) < 4.78 is 25.1. The monoisotopic (exact) mass is 568 g/mol. The van der Waals surface area contributed by atoms with E-state index in [0.717, 1.165) is 16.7 Å². The molecule has 1 unspecified atom stereocenters. The summed E-state index contributed by atoms with van der Waals surface area (Å²) in [6.45, 7) is 1.59. The molecule has 9 heteroatoms. The molecule has 3 aromatic carbocycles. The van der Waals surface area contributed by atoms with Crippen LogP contribution in [0.1, 0.15) is 41.8 Å². The Balaban J connectivity index is 1.53. The van der Waals surface area contributed by atoms with Crippen molar-refractivity contribution in [3.8, 4) is 23.3 Å². The molecule has 0 radical (unpaired) electrons. The smallest absolute Gasteiger partial charge is 0.330 e. The summed E-state index contributed by atoms with van der Waals surface area (Å²) in [6.07, 6.45) is -1.03. The molecule has 1 aliphatic rings. The molecule has 5 rings (SSSR count). The van der Waals surface area contributed by atoms with Gasteiger partial charge in [-0.15, -0.1) is 5.92 Å². The zero-order valence-corrected chi connectivity index (χ0v) is 23.6. The molecule has 0 amide bonds. The van der Waals surface area contributed by atoms with Crippen LogP contribution in [0.15, 0.2) is 94.6 Å². The first-order chi connectivity index (χ1) is 20.4. The summed E-state index contributed by atoms with van der Waals surface area (Å²) in [6, 6.07) is 25.1. The normalized spacial score (nSPS) is 18.2. The number of nitrogens with one attached hydrogen (secondary N) is 1. The third-order valence-corrected chi connectivity index (χ3v) is 7.38. The molecule has 0 aliphatic carbocycles. The number of aliphatic hydroxyl groups excluding tert-OH is 1. The van der Waals surface area contributed by atoms with Crippen molar-refractivity contribution in [2.45, 2.75) is 37.4 Å². The molecule has 9 nitrogen and oxygen atoms in total. The summed E-state index contributed by atoms with van der Waals surface area (Å²) in [5.41, 5.74) is 0.360. The van der Waals surface area contributed by atoms with Crippen molar-refractivity contribution in [2.75, 3.05) is 20.8 Å². The van der Waals surface area contributed by atoms with Gasteiger partial charge in [-0.25, -0.2) is 4.79 Å².